The van der Waals surface area contributed by atoms with Gasteiger partial charge in [-0.15, -0.1) is 0 Å². The number of imidazole rings is 1. The molecule has 3 aromatic rings. The van der Waals surface area contributed by atoms with Crippen LogP contribution in [0.5, 0.6) is 0 Å². The molecule has 0 amide bonds. The van der Waals surface area contributed by atoms with Crippen LogP contribution < -0.4 is 0 Å². The molecule has 2 heterocycles. The number of hydrogen-bond acceptors (Lipinski definition) is 3. The van der Waals surface area contributed by atoms with Crippen LogP contribution in [0.4, 0.5) is 13.2 Å². The highest BCUT2D eigenvalue weighted by Gasteiger charge is 2.31. The van der Waals surface area contributed by atoms with E-state index >= 15 is 0 Å². The van der Waals surface area contributed by atoms with Gasteiger partial charge in [0.25, 0.3) is 0 Å². The van der Waals surface area contributed by atoms with E-state index in [1.807, 2.05) is 19.1 Å². The molecule has 24 heavy (non-hydrogen) atoms. The van der Waals surface area contributed by atoms with Crippen molar-refractivity contribution in [3.63, 3.8) is 0 Å². The van der Waals surface area contributed by atoms with Gasteiger partial charge in [-0.25, -0.2) is 9.78 Å². The zero-order valence-electron chi connectivity index (χ0n) is 12.7. The van der Waals surface area contributed by atoms with E-state index in [2.05, 4.69) is 9.72 Å². The Morgan fingerprint density at radius 1 is 1.17 bits per heavy atom. The number of aromatic nitrogens is 2. The largest absolute Gasteiger partial charge is 0.451 e. The average molecular weight is 334 g/mol. The Morgan fingerprint density at radius 2 is 1.88 bits per heavy atom. The summed E-state index contributed by atoms with van der Waals surface area (Å²) in [5, 5.41) is 0. The predicted molar refractivity (Wildman–Crippen MR) is 81.7 cm³/mol. The lowest BCUT2D eigenvalue weighted by molar-refractivity contribution is -0.161. The van der Waals surface area contributed by atoms with Crippen molar-refractivity contribution in [2.45, 2.75) is 13.1 Å². The summed E-state index contributed by atoms with van der Waals surface area (Å²) in [5.41, 5.74) is 2.25. The molecule has 0 aliphatic rings. The van der Waals surface area contributed by atoms with Gasteiger partial charge in [0.05, 0.1) is 0 Å². The quantitative estimate of drug-likeness (QED) is 0.679. The normalized spacial score (nSPS) is 11.7. The Morgan fingerprint density at radius 3 is 2.58 bits per heavy atom. The highest BCUT2D eigenvalue weighted by molar-refractivity contribution is 5.96. The van der Waals surface area contributed by atoms with Gasteiger partial charge in [-0.1, -0.05) is 30.3 Å². The van der Waals surface area contributed by atoms with Crippen LogP contribution in [0.1, 0.15) is 16.1 Å². The van der Waals surface area contributed by atoms with Gasteiger partial charge in [0, 0.05) is 11.8 Å². The van der Waals surface area contributed by atoms with Crippen molar-refractivity contribution >= 4 is 11.6 Å². The molecule has 0 radical (unpaired) electrons. The summed E-state index contributed by atoms with van der Waals surface area (Å²) < 4.78 is 42.9. The third-order valence-corrected chi connectivity index (χ3v) is 3.49. The maximum atomic E-state index is 12.4. The molecule has 7 heteroatoms. The summed E-state index contributed by atoms with van der Waals surface area (Å²) in [5.74, 6) is -1.07. The maximum Gasteiger partial charge on any atom is 0.422 e. The van der Waals surface area contributed by atoms with E-state index in [9.17, 15) is 18.0 Å². The summed E-state index contributed by atoms with van der Waals surface area (Å²) in [6, 6.07) is 12.3. The predicted octanol–water partition coefficient (Wildman–Crippen LogP) is 4.03. The van der Waals surface area contributed by atoms with E-state index < -0.39 is 18.8 Å². The van der Waals surface area contributed by atoms with Gasteiger partial charge < -0.3 is 4.74 Å². The van der Waals surface area contributed by atoms with Crippen molar-refractivity contribution in [1.29, 1.82) is 0 Å². The van der Waals surface area contributed by atoms with Crippen molar-refractivity contribution in [1.82, 2.24) is 9.38 Å². The number of nitrogens with zero attached hydrogens (tertiary/aromatic N) is 2. The van der Waals surface area contributed by atoms with Crippen LogP contribution in [0.2, 0.25) is 0 Å². The molecule has 1 aromatic carbocycles. The third-order valence-electron chi connectivity index (χ3n) is 3.49. The number of ether oxygens (including phenoxy) is 1. The van der Waals surface area contributed by atoms with Gasteiger partial charge in [0.2, 0.25) is 0 Å². The molecular weight excluding hydrogens is 321 g/mol. The first kappa shape index (κ1) is 16.0. The molecule has 124 valence electrons. The highest BCUT2D eigenvalue weighted by Crippen LogP contribution is 2.28. The minimum Gasteiger partial charge on any atom is -0.451 e. The summed E-state index contributed by atoms with van der Waals surface area (Å²) >= 11 is 0. The second-order valence-corrected chi connectivity index (χ2v) is 5.24. The van der Waals surface area contributed by atoms with Crippen LogP contribution in [0.3, 0.4) is 0 Å². The molecule has 4 nitrogen and oxygen atoms in total. The Hall–Kier alpha value is -2.83. The number of carbonyl (C=O) groups is 1. The van der Waals surface area contributed by atoms with Gasteiger partial charge >= 0.3 is 12.1 Å². The van der Waals surface area contributed by atoms with Gasteiger partial charge in [-0.05, 0) is 24.6 Å². The Balaban J connectivity index is 2.13. The zero-order valence-corrected chi connectivity index (χ0v) is 12.7. The fourth-order valence-corrected chi connectivity index (χ4v) is 2.43. The van der Waals surface area contributed by atoms with Gasteiger partial charge in [-0.3, -0.25) is 4.40 Å². The molecule has 0 saturated heterocycles. The molecule has 0 atom stereocenters. The number of alkyl halides is 3. The van der Waals surface area contributed by atoms with E-state index in [0.717, 1.165) is 5.56 Å². The number of fused-ring (bicyclic) bond motifs is 1. The van der Waals surface area contributed by atoms with Crippen molar-refractivity contribution in [3.05, 3.63) is 59.9 Å². The van der Waals surface area contributed by atoms with Crippen LogP contribution >= 0.6 is 0 Å². The molecular formula is C17H13F3N2O2. The topological polar surface area (TPSA) is 43.6 Å². The van der Waals surface area contributed by atoms with E-state index in [1.165, 1.54) is 4.40 Å². The molecule has 0 unspecified atom stereocenters. The van der Waals surface area contributed by atoms with E-state index in [4.69, 9.17) is 0 Å². The Labute approximate surface area is 135 Å². The van der Waals surface area contributed by atoms with E-state index in [-0.39, 0.29) is 5.69 Å². The standard InChI is InChI=1S/C17H13F3N2O2/c1-11-6-2-3-7-12(11)14-15(16(23)24-10-17(18,19)20)22-9-5-4-8-13(22)21-14/h2-9H,10H2,1H3. The molecule has 2 aromatic heterocycles. The number of aryl methyl sites for hydroxylation is 1. The second kappa shape index (κ2) is 5.99. The van der Waals surface area contributed by atoms with Crippen molar-refractivity contribution in [3.8, 4) is 11.3 Å². The average Bonchev–Trinajstić information content (AvgIpc) is 2.91. The number of esters is 1. The van der Waals surface area contributed by atoms with Gasteiger partial charge in [-0.2, -0.15) is 13.2 Å². The number of hydrogen-bond donors (Lipinski definition) is 0. The monoisotopic (exact) mass is 334 g/mol. The molecule has 0 aliphatic heterocycles. The lowest BCUT2D eigenvalue weighted by atomic mass is 10.0. The first-order valence-electron chi connectivity index (χ1n) is 7.14. The molecule has 0 bridgehead atoms. The number of rotatable bonds is 3. The van der Waals surface area contributed by atoms with Crippen molar-refractivity contribution in [2.24, 2.45) is 0 Å². The lowest BCUT2D eigenvalue weighted by Crippen LogP contribution is -2.21. The number of benzene rings is 1. The van der Waals surface area contributed by atoms with E-state index in [0.29, 0.717) is 16.9 Å². The highest BCUT2D eigenvalue weighted by atomic mass is 19.4. The van der Waals surface area contributed by atoms with Crippen LogP contribution in [0.25, 0.3) is 16.9 Å². The second-order valence-electron chi connectivity index (χ2n) is 5.24. The van der Waals surface area contributed by atoms with Gasteiger partial charge in [0.1, 0.15) is 11.3 Å². The zero-order chi connectivity index (χ0) is 17.3. The Bertz CT molecular complexity index is 900. The van der Waals surface area contributed by atoms with E-state index in [1.54, 1.807) is 36.5 Å². The number of pyridine rings is 1. The molecule has 0 fully saturated rings. The fourth-order valence-electron chi connectivity index (χ4n) is 2.43. The SMILES string of the molecule is Cc1ccccc1-c1nc2ccccn2c1C(=O)OCC(F)(F)F. The molecule has 0 spiro atoms. The number of halogens is 3. The smallest absolute Gasteiger partial charge is 0.422 e. The van der Waals surface area contributed by atoms with Crippen LogP contribution in [-0.2, 0) is 4.74 Å². The molecule has 0 saturated carbocycles. The molecule has 0 N–H and O–H groups in total. The van der Waals surface area contributed by atoms with Crippen LogP contribution in [-0.4, -0.2) is 28.1 Å². The summed E-state index contributed by atoms with van der Waals surface area (Å²) in [6.45, 7) is 0.198. The summed E-state index contributed by atoms with van der Waals surface area (Å²) in [4.78, 5) is 16.7. The van der Waals surface area contributed by atoms with Gasteiger partial charge in [0.15, 0.2) is 12.3 Å². The lowest BCUT2D eigenvalue weighted by Gasteiger charge is -2.09. The van der Waals surface area contributed by atoms with Crippen molar-refractivity contribution < 1.29 is 22.7 Å². The minimum atomic E-state index is -4.58. The first-order valence-corrected chi connectivity index (χ1v) is 7.14. The minimum absolute atomic E-state index is 0.0239. The van der Waals surface area contributed by atoms with Crippen LogP contribution in [0, 0.1) is 6.92 Å². The Kier molecular flexibility index (Phi) is 4.01. The van der Waals surface area contributed by atoms with Crippen molar-refractivity contribution in [2.75, 3.05) is 6.61 Å². The maximum absolute atomic E-state index is 12.4. The molecule has 0 aliphatic carbocycles. The molecule has 3 rings (SSSR count). The first-order chi connectivity index (χ1) is 11.4. The summed E-state index contributed by atoms with van der Waals surface area (Å²) in [6.07, 6.45) is -3.02. The summed E-state index contributed by atoms with van der Waals surface area (Å²) in [7, 11) is 0. The number of carbonyl (C=O) groups excluding carboxylic acids is 1. The van der Waals surface area contributed by atoms with Crippen LogP contribution in [0.15, 0.2) is 48.7 Å². The fraction of sp³-hybridized carbons (Fsp3) is 0.176. The third kappa shape index (κ3) is 3.10.